The molecule has 0 saturated carbocycles. The van der Waals surface area contributed by atoms with Gasteiger partial charge in [0.05, 0.1) is 0 Å². The van der Waals surface area contributed by atoms with Gasteiger partial charge in [0.2, 0.25) is 0 Å². The zero-order valence-electron chi connectivity index (χ0n) is 7.28. The largest absolute Gasteiger partial charge is 0.103 e. The van der Waals surface area contributed by atoms with Crippen LogP contribution >= 0.6 is 0 Å². The van der Waals surface area contributed by atoms with Crippen LogP contribution < -0.4 is 0 Å². The fourth-order valence-corrected chi connectivity index (χ4v) is 0.573. The van der Waals surface area contributed by atoms with Crippen molar-refractivity contribution in [3.05, 3.63) is 12.7 Å². The summed E-state index contributed by atoms with van der Waals surface area (Å²) < 4.78 is 0. The molecule has 0 spiro atoms. The highest BCUT2D eigenvalue weighted by molar-refractivity contribution is 4.73. The molecule has 0 fully saturated rings. The summed E-state index contributed by atoms with van der Waals surface area (Å²) in [6.07, 6.45) is 4.56. The van der Waals surface area contributed by atoms with Gasteiger partial charge in [-0.15, -0.1) is 6.58 Å². The number of rotatable bonds is 3. The van der Waals surface area contributed by atoms with E-state index >= 15 is 0 Å². The Morgan fingerprint density at radius 2 is 1.89 bits per heavy atom. The molecule has 0 unspecified atom stereocenters. The van der Waals surface area contributed by atoms with Crippen LogP contribution in [0.2, 0.25) is 0 Å². The van der Waals surface area contributed by atoms with Gasteiger partial charge >= 0.3 is 0 Å². The topological polar surface area (TPSA) is 0 Å². The molecule has 0 rings (SSSR count). The van der Waals surface area contributed by atoms with Gasteiger partial charge in [-0.25, -0.2) is 0 Å². The van der Waals surface area contributed by atoms with E-state index < -0.39 is 0 Å². The Balaban J connectivity index is 0. The van der Waals surface area contributed by atoms with E-state index in [1.807, 2.05) is 19.9 Å². The lowest BCUT2D eigenvalue weighted by molar-refractivity contribution is 0.635. The second kappa shape index (κ2) is 10.7. The predicted molar refractivity (Wildman–Crippen MR) is 45.6 cm³/mol. The summed E-state index contributed by atoms with van der Waals surface area (Å²) in [5.74, 6) is 0.713. The first kappa shape index (κ1) is 11.5. The van der Waals surface area contributed by atoms with Crippen LogP contribution in [-0.4, -0.2) is 0 Å². The highest BCUT2D eigenvalue weighted by Gasteiger charge is 1.89. The van der Waals surface area contributed by atoms with E-state index in [0.29, 0.717) is 5.92 Å². The molecule has 1 atom stereocenters. The zero-order chi connectivity index (χ0) is 7.70. The lowest BCUT2D eigenvalue weighted by atomic mass is 10.1. The van der Waals surface area contributed by atoms with Crippen molar-refractivity contribution in [3.8, 4) is 0 Å². The number of allylic oxidation sites excluding steroid dienone is 1. The van der Waals surface area contributed by atoms with Crippen molar-refractivity contribution in [2.45, 2.75) is 40.5 Å². The Bertz CT molecular complexity index is 46.0. The first-order valence-corrected chi connectivity index (χ1v) is 3.93. The summed E-state index contributed by atoms with van der Waals surface area (Å²) in [7, 11) is 0. The van der Waals surface area contributed by atoms with Gasteiger partial charge in [-0.3, -0.25) is 0 Å². The van der Waals surface area contributed by atoms with Crippen molar-refractivity contribution in [1.29, 1.82) is 0 Å². The molecule has 0 aromatic rings. The van der Waals surface area contributed by atoms with Gasteiger partial charge < -0.3 is 0 Å². The highest BCUT2D eigenvalue weighted by Crippen LogP contribution is 2.03. The van der Waals surface area contributed by atoms with Crippen LogP contribution in [0.15, 0.2) is 12.7 Å². The van der Waals surface area contributed by atoms with Crippen molar-refractivity contribution < 1.29 is 0 Å². The molecule has 56 valence electrons. The normalized spacial score (nSPS) is 11.1. The van der Waals surface area contributed by atoms with Crippen LogP contribution in [0.4, 0.5) is 0 Å². The predicted octanol–water partition coefficient (Wildman–Crippen LogP) is 3.63. The van der Waals surface area contributed by atoms with Crippen LogP contribution in [0.1, 0.15) is 40.5 Å². The van der Waals surface area contributed by atoms with E-state index in [4.69, 9.17) is 0 Å². The molecule has 0 aliphatic heterocycles. The second-order valence-corrected chi connectivity index (χ2v) is 2.00. The SMILES string of the molecule is C=C[C@H](C)CCC.CC. The third-order valence-corrected chi connectivity index (χ3v) is 1.15. The summed E-state index contributed by atoms with van der Waals surface area (Å²) >= 11 is 0. The van der Waals surface area contributed by atoms with Gasteiger partial charge in [0, 0.05) is 0 Å². The minimum atomic E-state index is 0.713. The summed E-state index contributed by atoms with van der Waals surface area (Å²) in [5.41, 5.74) is 0. The summed E-state index contributed by atoms with van der Waals surface area (Å²) in [4.78, 5) is 0. The van der Waals surface area contributed by atoms with Gasteiger partial charge in [0.25, 0.3) is 0 Å². The van der Waals surface area contributed by atoms with E-state index in [9.17, 15) is 0 Å². The second-order valence-electron chi connectivity index (χ2n) is 2.00. The Kier molecular flexibility index (Phi) is 13.7. The minimum Gasteiger partial charge on any atom is -0.103 e. The summed E-state index contributed by atoms with van der Waals surface area (Å²) in [6, 6.07) is 0. The molecule has 0 heterocycles. The molecule has 0 saturated heterocycles. The van der Waals surface area contributed by atoms with E-state index in [-0.39, 0.29) is 0 Å². The van der Waals surface area contributed by atoms with E-state index in [1.165, 1.54) is 12.8 Å². The first-order chi connectivity index (χ1) is 4.31. The molecule has 9 heavy (non-hydrogen) atoms. The lowest BCUT2D eigenvalue weighted by Crippen LogP contribution is -1.84. The van der Waals surface area contributed by atoms with Crippen molar-refractivity contribution in [1.82, 2.24) is 0 Å². The Labute approximate surface area is 60.0 Å². The maximum Gasteiger partial charge on any atom is -0.0265 e. The number of hydrogen-bond donors (Lipinski definition) is 0. The van der Waals surface area contributed by atoms with Crippen LogP contribution in [0, 0.1) is 5.92 Å². The molecule has 0 aromatic heterocycles. The lowest BCUT2D eigenvalue weighted by Gasteiger charge is -1.98. The average Bonchev–Trinajstić information content (AvgIpc) is 1.93. The van der Waals surface area contributed by atoms with Crippen LogP contribution in [0.3, 0.4) is 0 Å². The monoisotopic (exact) mass is 128 g/mol. The van der Waals surface area contributed by atoms with Crippen LogP contribution in [0.25, 0.3) is 0 Å². The van der Waals surface area contributed by atoms with E-state index in [0.717, 1.165) is 0 Å². The smallest absolute Gasteiger partial charge is 0.0265 e. The molecule has 0 bridgehead atoms. The molecular formula is C9H20. The fourth-order valence-electron chi connectivity index (χ4n) is 0.573. The van der Waals surface area contributed by atoms with Gasteiger partial charge in [0.15, 0.2) is 0 Å². The molecule has 0 heteroatoms. The Hall–Kier alpha value is -0.260. The molecule has 0 aliphatic rings. The zero-order valence-corrected chi connectivity index (χ0v) is 7.28. The fraction of sp³-hybridized carbons (Fsp3) is 0.778. The van der Waals surface area contributed by atoms with Crippen molar-refractivity contribution in [2.24, 2.45) is 5.92 Å². The maximum absolute atomic E-state index is 3.68. The van der Waals surface area contributed by atoms with Gasteiger partial charge in [-0.2, -0.15) is 0 Å². The molecule has 0 nitrogen and oxygen atoms in total. The molecule has 0 aromatic carbocycles. The summed E-state index contributed by atoms with van der Waals surface area (Å²) in [6.45, 7) is 12.1. The van der Waals surface area contributed by atoms with Gasteiger partial charge in [-0.05, 0) is 12.3 Å². The van der Waals surface area contributed by atoms with Crippen molar-refractivity contribution >= 4 is 0 Å². The quantitative estimate of drug-likeness (QED) is 0.509. The first-order valence-electron chi connectivity index (χ1n) is 3.93. The van der Waals surface area contributed by atoms with Crippen LogP contribution in [-0.2, 0) is 0 Å². The summed E-state index contributed by atoms with van der Waals surface area (Å²) in [5, 5.41) is 0. The molecule has 0 radical (unpaired) electrons. The van der Waals surface area contributed by atoms with E-state index in [2.05, 4.69) is 20.4 Å². The Morgan fingerprint density at radius 3 is 2.00 bits per heavy atom. The average molecular weight is 128 g/mol. The Morgan fingerprint density at radius 1 is 1.44 bits per heavy atom. The van der Waals surface area contributed by atoms with Gasteiger partial charge in [-0.1, -0.05) is 40.2 Å². The molecule has 0 amide bonds. The standard InChI is InChI=1S/C7H14.C2H6/c1-4-6-7(3)5-2;1-2/h5,7H,2,4,6H2,1,3H3;1-2H3/t7-;/m0./s1. The van der Waals surface area contributed by atoms with Crippen molar-refractivity contribution in [2.75, 3.05) is 0 Å². The number of hydrogen-bond acceptors (Lipinski definition) is 0. The molecular weight excluding hydrogens is 108 g/mol. The molecule has 0 aliphatic carbocycles. The van der Waals surface area contributed by atoms with Gasteiger partial charge in [0.1, 0.15) is 0 Å². The molecule has 0 N–H and O–H groups in total. The van der Waals surface area contributed by atoms with E-state index in [1.54, 1.807) is 0 Å². The van der Waals surface area contributed by atoms with Crippen molar-refractivity contribution in [3.63, 3.8) is 0 Å². The third kappa shape index (κ3) is 11.4. The third-order valence-electron chi connectivity index (χ3n) is 1.15. The maximum atomic E-state index is 3.68. The minimum absolute atomic E-state index is 0.713. The highest BCUT2D eigenvalue weighted by atomic mass is 13.9. The van der Waals surface area contributed by atoms with Crippen LogP contribution in [0.5, 0.6) is 0 Å².